The summed E-state index contributed by atoms with van der Waals surface area (Å²) >= 11 is 7.77. The fourth-order valence-electron chi connectivity index (χ4n) is 6.91. The standard InChI is InChI=1S/C40H44ClN5O5S2/c1-40(2)19-18-36(29-8-12-32(41)13-9-29)31(27-40)28-44-21-23-45(24-22-44)33-14-10-30(11-15-33)39(47)43-53(50,51)35-16-17-37(38(26-35)46(48)49)42-20-25-52-34-6-4-3-5-7-34/h3-17,26,42H,18-25,27-28H2,1-2H3,(H,43,47). The molecule has 13 heteroatoms. The van der Waals surface area contributed by atoms with Crippen LogP contribution in [0.4, 0.5) is 17.1 Å². The molecule has 1 aliphatic heterocycles. The Balaban J connectivity index is 1.03. The Hall–Kier alpha value is -4.36. The van der Waals surface area contributed by atoms with E-state index in [0.29, 0.717) is 12.3 Å². The predicted octanol–water partition coefficient (Wildman–Crippen LogP) is 8.36. The molecule has 4 aromatic rings. The van der Waals surface area contributed by atoms with Crippen LogP contribution in [0.3, 0.4) is 0 Å². The maximum absolute atomic E-state index is 13.2. The van der Waals surface area contributed by atoms with Crippen LogP contribution in [0.1, 0.15) is 49.0 Å². The number of nitro groups is 1. The topological polar surface area (TPSA) is 125 Å². The van der Waals surface area contributed by atoms with Crippen molar-refractivity contribution in [1.29, 1.82) is 0 Å². The molecule has 278 valence electrons. The molecule has 2 N–H and O–H groups in total. The highest BCUT2D eigenvalue weighted by Crippen LogP contribution is 2.43. The maximum atomic E-state index is 13.2. The number of benzene rings is 4. The molecule has 0 unspecified atom stereocenters. The molecule has 1 heterocycles. The summed E-state index contributed by atoms with van der Waals surface area (Å²) in [7, 11) is -4.38. The molecule has 4 aromatic carbocycles. The Morgan fingerprint density at radius 2 is 1.64 bits per heavy atom. The maximum Gasteiger partial charge on any atom is 0.293 e. The molecular weight excluding hydrogens is 730 g/mol. The van der Waals surface area contributed by atoms with E-state index in [2.05, 4.69) is 45.8 Å². The summed E-state index contributed by atoms with van der Waals surface area (Å²) in [5, 5.41) is 15.6. The van der Waals surface area contributed by atoms with Gasteiger partial charge in [0.15, 0.2) is 0 Å². The number of allylic oxidation sites excluding steroid dienone is 1. The SMILES string of the molecule is CC1(C)CCC(c2ccc(Cl)cc2)=C(CN2CCN(c3ccc(C(=O)NS(=O)(=O)c4ccc(NCCSc5ccccc5)c([N+](=O)[O-])c4)cc3)CC2)C1. The summed E-state index contributed by atoms with van der Waals surface area (Å²) in [6, 6.07) is 28.4. The second kappa shape index (κ2) is 16.8. The number of anilines is 2. The largest absolute Gasteiger partial charge is 0.379 e. The first-order chi connectivity index (χ1) is 25.4. The van der Waals surface area contributed by atoms with E-state index in [1.165, 1.54) is 28.8 Å². The van der Waals surface area contributed by atoms with Crippen LogP contribution in [-0.4, -0.2) is 69.2 Å². The minimum atomic E-state index is -4.38. The molecule has 0 bridgehead atoms. The Morgan fingerprint density at radius 3 is 2.32 bits per heavy atom. The monoisotopic (exact) mass is 773 g/mol. The van der Waals surface area contributed by atoms with E-state index in [-0.39, 0.29) is 21.6 Å². The molecule has 0 aromatic heterocycles. The average molecular weight is 774 g/mol. The fourth-order valence-corrected chi connectivity index (χ4v) is 8.82. The van der Waals surface area contributed by atoms with E-state index in [0.717, 1.165) is 73.7 Å². The van der Waals surface area contributed by atoms with Crippen molar-refractivity contribution in [2.45, 2.75) is 42.9 Å². The number of nitrogens with one attached hydrogen (secondary N) is 2. The second-order valence-electron chi connectivity index (χ2n) is 14.2. The zero-order chi connectivity index (χ0) is 37.6. The van der Waals surface area contributed by atoms with E-state index in [4.69, 9.17) is 11.6 Å². The predicted molar refractivity (Wildman–Crippen MR) is 215 cm³/mol. The summed E-state index contributed by atoms with van der Waals surface area (Å²) < 4.78 is 28.4. The smallest absolute Gasteiger partial charge is 0.293 e. The third-order valence-electron chi connectivity index (χ3n) is 9.78. The van der Waals surface area contributed by atoms with Crippen LogP contribution in [0.2, 0.25) is 5.02 Å². The Kier molecular flexibility index (Phi) is 12.1. The van der Waals surface area contributed by atoms with Gasteiger partial charge >= 0.3 is 0 Å². The number of nitro benzene ring substituents is 1. The van der Waals surface area contributed by atoms with Crippen LogP contribution in [0.5, 0.6) is 0 Å². The Labute approximate surface area is 320 Å². The van der Waals surface area contributed by atoms with Crippen LogP contribution in [0, 0.1) is 15.5 Å². The van der Waals surface area contributed by atoms with Gasteiger partial charge in [-0.25, -0.2) is 13.1 Å². The van der Waals surface area contributed by atoms with Gasteiger partial charge in [0.2, 0.25) is 0 Å². The van der Waals surface area contributed by atoms with Crippen molar-refractivity contribution in [2.24, 2.45) is 5.41 Å². The van der Waals surface area contributed by atoms with Crippen molar-refractivity contribution < 1.29 is 18.1 Å². The summed E-state index contributed by atoms with van der Waals surface area (Å²) in [6.45, 7) is 9.48. The van der Waals surface area contributed by atoms with Gasteiger partial charge < -0.3 is 10.2 Å². The molecule has 0 radical (unpaired) electrons. The van der Waals surface area contributed by atoms with Crippen LogP contribution in [0.25, 0.3) is 5.57 Å². The lowest BCUT2D eigenvalue weighted by molar-refractivity contribution is -0.384. The van der Waals surface area contributed by atoms with E-state index >= 15 is 0 Å². The quantitative estimate of drug-likeness (QED) is 0.0597. The molecule has 0 spiro atoms. The number of hydrogen-bond acceptors (Lipinski definition) is 9. The number of rotatable bonds is 13. The lowest BCUT2D eigenvalue weighted by atomic mass is 9.73. The van der Waals surface area contributed by atoms with Crippen LogP contribution in [0.15, 0.2) is 112 Å². The van der Waals surface area contributed by atoms with Crippen LogP contribution in [-0.2, 0) is 10.0 Å². The first-order valence-electron chi connectivity index (χ1n) is 17.7. The number of carbonyl (C=O) groups is 1. The molecule has 2 aliphatic rings. The van der Waals surface area contributed by atoms with Gasteiger partial charge in [-0.2, -0.15) is 0 Å². The summed E-state index contributed by atoms with van der Waals surface area (Å²) in [5.74, 6) is -0.167. The molecule has 0 saturated carbocycles. The van der Waals surface area contributed by atoms with Crippen molar-refractivity contribution >= 4 is 61.9 Å². The molecule has 1 fully saturated rings. The number of carbonyl (C=O) groups excluding carboxylic acids is 1. The lowest BCUT2D eigenvalue weighted by Crippen LogP contribution is -2.47. The van der Waals surface area contributed by atoms with E-state index < -0.39 is 26.5 Å². The average Bonchev–Trinajstić information content (AvgIpc) is 3.14. The van der Waals surface area contributed by atoms with Gasteiger partial charge in [-0.3, -0.25) is 19.8 Å². The van der Waals surface area contributed by atoms with Crippen LogP contribution < -0.4 is 14.9 Å². The molecule has 1 amide bonds. The van der Waals surface area contributed by atoms with E-state index in [1.807, 2.05) is 54.6 Å². The van der Waals surface area contributed by atoms with Gasteiger partial charge in [-0.05, 0) is 96.5 Å². The van der Waals surface area contributed by atoms with Gasteiger partial charge in [-0.1, -0.05) is 61.4 Å². The highest BCUT2D eigenvalue weighted by molar-refractivity contribution is 7.99. The van der Waals surface area contributed by atoms with Crippen molar-refractivity contribution in [3.8, 4) is 0 Å². The van der Waals surface area contributed by atoms with E-state index in [1.54, 1.807) is 23.9 Å². The summed E-state index contributed by atoms with van der Waals surface area (Å²) in [4.78, 5) is 29.7. The van der Waals surface area contributed by atoms with Gasteiger partial charge in [-0.15, -0.1) is 11.8 Å². The zero-order valence-electron chi connectivity index (χ0n) is 29.9. The third-order valence-corrected chi connectivity index (χ3v) is 12.4. The molecular formula is C40H44ClN5O5S2. The minimum Gasteiger partial charge on any atom is -0.379 e. The number of thioether (sulfide) groups is 1. The first-order valence-corrected chi connectivity index (χ1v) is 20.5. The Bertz CT molecular complexity index is 2070. The number of hydrogen-bond donors (Lipinski definition) is 2. The van der Waals surface area contributed by atoms with Crippen molar-refractivity contribution in [2.75, 3.05) is 55.2 Å². The highest BCUT2D eigenvalue weighted by Gasteiger charge is 2.30. The van der Waals surface area contributed by atoms with Gasteiger partial charge in [0, 0.05) is 72.3 Å². The zero-order valence-corrected chi connectivity index (χ0v) is 32.3. The number of piperazine rings is 1. The first kappa shape index (κ1) is 38.4. The number of halogens is 1. The normalized spacial score (nSPS) is 16.3. The number of amides is 1. The minimum absolute atomic E-state index is 0.168. The number of sulfonamides is 1. The lowest BCUT2D eigenvalue weighted by Gasteiger charge is -2.39. The van der Waals surface area contributed by atoms with Crippen molar-refractivity contribution in [1.82, 2.24) is 9.62 Å². The van der Waals surface area contributed by atoms with Crippen LogP contribution >= 0.6 is 23.4 Å². The molecule has 53 heavy (non-hydrogen) atoms. The third kappa shape index (κ3) is 10.00. The second-order valence-corrected chi connectivity index (χ2v) is 17.5. The van der Waals surface area contributed by atoms with Gasteiger partial charge in [0.25, 0.3) is 21.6 Å². The molecule has 6 rings (SSSR count). The van der Waals surface area contributed by atoms with Crippen molar-refractivity contribution in [3.05, 3.63) is 129 Å². The van der Waals surface area contributed by atoms with Gasteiger partial charge in [0.05, 0.1) is 9.82 Å². The fraction of sp³-hybridized carbons (Fsp3) is 0.325. The number of nitrogens with zero attached hydrogens (tertiary/aromatic N) is 3. The van der Waals surface area contributed by atoms with Crippen molar-refractivity contribution in [3.63, 3.8) is 0 Å². The molecule has 1 aliphatic carbocycles. The summed E-state index contributed by atoms with van der Waals surface area (Å²) in [6.07, 6.45) is 3.29. The molecule has 1 saturated heterocycles. The van der Waals surface area contributed by atoms with Gasteiger partial charge in [0.1, 0.15) is 5.69 Å². The molecule has 10 nitrogen and oxygen atoms in total. The summed E-state index contributed by atoms with van der Waals surface area (Å²) in [5.41, 5.74) is 5.38. The Morgan fingerprint density at radius 1 is 0.943 bits per heavy atom. The molecule has 0 atom stereocenters. The highest BCUT2D eigenvalue weighted by atomic mass is 35.5. The van der Waals surface area contributed by atoms with E-state index in [9.17, 15) is 23.3 Å².